The minimum absolute atomic E-state index is 0.0468. The summed E-state index contributed by atoms with van der Waals surface area (Å²) in [7, 11) is 0. The summed E-state index contributed by atoms with van der Waals surface area (Å²) in [6, 6.07) is 8.20. The lowest BCUT2D eigenvalue weighted by Crippen LogP contribution is -2.37. The van der Waals surface area contributed by atoms with Gasteiger partial charge in [0.15, 0.2) is 0 Å². The topological polar surface area (TPSA) is 55.6 Å². The van der Waals surface area contributed by atoms with Crippen LogP contribution in [0.15, 0.2) is 24.3 Å². The Kier molecular flexibility index (Phi) is 3.42. The minimum Gasteiger partial charge on any atom is -0.398 e. The van der Waals surface area contributed by atoms with Crippen molar-refractivity contribution < 1.29 is 9.53 Å². The number of nitrogens with zero attached hydrogens (tertiary/aromatic N) is 1. The standard InChI is InChI=1S/C15H20N2O2/c16-14-4-2-1-3-11(14)9-17(13-5-6-13)15(18)12-7-8-19-10-12/h1-4,12-13H,5-10,16H2. The van der Waals surface area contributed by atoms with Crippen LogP contribution in [0, 0.1) is 5.92 Å². The molecule has 2 aliphatic rings. The zero-order valence-corrected chi connectivity index (χ0v) is 11.0. The van der Waals surface area contributed by atoms with Gasteiger partial charge in [-0.1, -0.05) is 18.2 Å². The SMILES string of the molecule is Nc1ccccc1CN(C(=O)C1CCOC1)C1CC1. The summed E-state index contributed by atoms with van der Waals surface area (Å²) in [5.41, 5.74) is 7.79. The predicted octanol–water partition coefficient (Wildman–Crippen LogP) is 1.80. The van der Waals surface area contributed by atoms with Crippen LogP contribution in [0.5, 0.6) is 0 Å². The summed E-state index contributed by atoms with van der Waals surface area (Å²) in [5, 5.41) is 0. The molecule has 0 spiro atoms. The summed E-state index contributed by atoms with van der Waals surface area (Å²) in [6.45, 7) is 1.92. The van der Waals surface area contributed by atoms with Crippen molar-refractivity contribution in [3.8, 4) is 0 Å². The number of hydrogen-bond donors (Lipinski definition) is 1. The lowest BCUT2D eigenvalue weighted by Gasteiger charge is -2.25. The fraction of sp³-hybridized carbons (Fsp3) is 0.533. The van der Waals surface area contributed by atoms with Gasteiger partial charge in [-0.25, -0.2) is 0 Å². The van der Waals surface area contributed by atoms with E-state index in [0.717, 1.165) is 30.5 Å². The third-order valence-corrected chi connectivity index (χ3v) is 3.95. The molecule has 1 aliphatic heterocycles. The van der Waals surface area contributed by atoms with E-state index in [4.69, 9.17) is 10.5 Å². The second-order valence-corrected chi connectivity index (χ2v) is 5.46. The molecule has 0 radical (unpaired) electrons. The van der Waals surface area contributed by atoms with E-state index in [-0.39, 0.29) is 11.8 Å². The normalized spacial score (nSPS) is 22.4. The van der Waals surface area contributed by atoms with E-state index in [9.17, 15) is 4.79 Å². The van der Waals surface area contributed by atoms with Crippen LogP contribution in [0.4, 0.5) is 5.69 Å². The maximum atomic E-state index is 12.5. The van der Waals surface area contributed by atoms with Gasteiger partial charge >= 0.3 is 0 Å². The monoisotopic (exact) mass is 260 g/mol. The molecule has 1 saturated carbocycles. The number of carbonyl (C=O) groups is 1. The number of amides is 1. The molecule has 4 heteroatoms. The molecule has 0 aromatic heterocycles. The van der Waals surface area contributed by atoms with E-state index in [1.165, 1.54) is 0 Å². The maximum Gasteiger partial charge on any atom is 0.228 e. The molecule has 4 nitrogen and oxygen atoms in total. The summed E-state index contributed by atoms with van der Waals surface area (Å²) < 4.78 is 5.33. The highest BCUT2D eigenvalue weighted by molar-refractivity contribution is 5.80. The first-order chi connectivity index (χ1) is 9.25. The molecule has 1 unspecified atom stereocenters. The molecule has 1 amide bonds. The Hall–Kier alpha value is -1.55. The van der Waals surface area contributed by atoms with Gasteiger partial charge in [0.05, 0.1) is 12.5 Å². The molecule has 1 saturated heterocycles. The van der Waals surface area contributed by atoms with E-state index < -0.39 is 0 Å². The van der Waals surface area contributed by atoms with Crippen LogP contribution in [0.3, 0.4) is 0 Å². The first kappa shape index (κ1) is 12.5. The molecule has 3 rings (SSSR count). The molecule has 1 aliphatic carbocycles. The molecule has 1 aromatic rings. The quantitative estimate of drug-likeness (QED) is 0.840. The molecular weight excluding hydrogens is 240 g/mol. The van der Waals surface area contributed by atoms with Crippen molar-refractivity contribution in [3.63, 3.8) is 0 Å². The average molecular weight is 260 g/mol. The van der Waals surface area contributed by atoms with Gasteiger partial charge in [-0.2, -0.15) is 0 Å². The van der Waals surface area contributed by atoms with Crippen LogP contribution < -0.4 is 5.73 Å². The van der Waals surface area contributed by atoms with Crippen molar-refractivity contribution in [1.82, 2.24) is 4.90 Å². The zero-order chi connectivity index (χ0) is 13.2. The minimum atomic E-state index is 0.0468. The maximum absolute atomic E-state index is 12.5. The Labute approximate surface area is 113 Å². The smallest absolute Gasteiger partial charge is 0.228 e. The van der Waals surface area contributed by atoms with Crippen LogP contribution >= 0.6 is 0 Å². The summed E-state index contributed by atoms with van der Waals surface area (Å²) >= 11 is 0. The number of benzene rings is 1. The van der Waals surface area contributed by atoms with Crippen molar-refractivity contribution in [2.75, 3.05) is 18.9 Å². The van der Waals surface area contributed by atoms with Crippen LogP contribution in [0.25, 0.3) is 0 Å². The first-order valence-corrected chi connectivity index (χ1v) is 6.97. The van der Waals surface area contributed by atoms with Crippen LogP contribution in [-0.4, -0.2) is 30.1 Å². The molecular formula is C15H20N2O2. The van der Waals surface area contributed by atoms with Gasteiger partial charge in [-0.05, 0) is 30.9 Å². The van der Waals surface area contributed by atoms with Gasteiger partial charge in [0, 0.05) is 24.9 Å². The molecule has 1 aromatic carbocycles. The van der Waals surface area contributed by atoms with Gasteiger partial charge < -0.3 is 15.4 Å². The molecule has 1 heterocycles. The number of ether oxygens (including phenoxy) is 1. The van der Waals surface area contributed by atoms with E-state index in [1.54, 1.807) is 0 Å². The van der Waals surface area contributed by atoms with Crippen molar-refractivity contribution >= 4 is 11.6 Å². The lowest BCUT2D eigenvalue weighted by molar-refractivity contribution is -0.136. The van der Waals surface area contributed by atoms with E-state index in [2.05, 4.69) is 0 Å². The van der Waals surface area contributed by atoms with E-state index in [1.807, 2.05) is 29.2 Å². The van der Waals surface area contributed by atoms with Crippen LogP contribution in [0.1, 0.15) is 24.8 Å². The third kappa shape index (κ3) is 2.73. The molecule has 2 fully saturated rings. The van der Waals surface area contributed by atoms with Gasteiger partial charge in [-0.15, -0.1) is 0 Å². The van der Waals surface area contributed by atoms with Crippen molar-refractivity contribution in [3.05, 3.63) is 29.8 Å². The third-order valence-electron chi connectivity index (χ3n) is 3.95. The lowest BCUT2D eigenvalue weighted by atomic mass is 10.1. The number of nitrogens with two attached hydrogens (primary N) is 1. The first-order valence-electron chi connectivity index (χ1n) is 6.97. The van der Waals surface area contributed by atoms with E-state index >= 15 is 0 Å². The van der Waals surface area contributed by atoms with E-state index in [0.29, 0.717) is 25.8 Å². The molecule has 2 N–H and O–H groups in total. The summed E-state index contributed by atoms with van der Waals surface area (Å²) in [5.74, 6) is 0.286. The second kappa shape index (κ2) is 5.21. The molecule has 19 heavy (non-hydrogen) atoms. The number of hydrogen-bond acceptors (Lipinski definition) is 3. The van der Waals surface area contributed by atoms with Crippen molar-refractivity contribution in [2.24, 2.45) is 5.92 Å². The highest BCUT2D eigenvalue weighted by Gasteiger charge is 2.37. The van der Waals surface area contributed by atoms with Gasteiger partial charge in [0.25, 0.3) is 0 Å². The number of nitrogen functional groups attached to an aromatic ring is 1. The zero-order valence-electron chi connectivity index (χ0n) is 11.0. The number of carbonyl (C=O) groups excluding carboxylic acids is 1. The van der Waals surface area contributed by atoms with Crippen LogP contribution in [-0.2, 0) is 16.1 Å². The highest BCUT2D eigenvalue weighted by atomic mass is 16.5. The predicted molar refractivity (Wildman–Crippen MR) is 73.4 cm³/mol. The summed E-state index contributed by atoms with van der Waals surface area (Å²) in [6.07, 6.45) is 3.09. The molecule has 1 atom stereocenters. The number of anilines is 1. The van der Waals surface area contributed by atoms with Crippen molar-refractivity contribution in [2.45, 2.75) is 31.8 Å². The Balaban J connectivity index is 1.74. The number of rotatable bonds is 4. The Morgan fingerprint density at radius 3 is 2.74 bits per heavy atom. The molecule has 0 bridgehead atoms. The van der Waals surface area contributed by atoms with Crippen molar-refractivity contribution in [1.29, 1.82) is 0 Å². The van der Waals surface area contributed by atoms with Gasteiger partial charge in [0.2, 0.25) is 5.91 Å². The van der Waals surface area contributed by atoms with Gasteiger partial charge in [-0.3, -0.25) is 4.79 Å². The molecule has 102 valence electrons. The average Bonchev–Trinajstić information content (AvgIpc) is 3.11. The van der Waals surface area contributed by atoms with Crippen LogP contribution in [0.2, 0.25) is 0 Å². The van der Waals surface area contributed by atoms with Gasteiger partial charge in [0.1, 0.15) is 0 Å². The Morgan fingerprint density at radius 1 is 1.32 bits per heavy atom. The Bertz CT molecular complexity index is 465. The largest absolute Gasteiger partial charge is 0.398 e. The fourth-order valence-electron chi connectivity index (χ4n) is 2.60. The Morgan fingerprint density at radius 2 is 2.11 bits per heavy atom. The highest BCUT2D eigenvalue weighted by Crippen LogP contribution is 2.31. The summed E-state index contributed by atoms with van der Waals surface area (Å²) in [4.78, 5) is 14.6. The fourth-order valence-corrected chi connectivity index (χ4v) is 2.60. The number of para-hydroxylation sites is 1. The second-order valence-electron chi connectivity index (χ2n) is 5.46.